The number of aromatic nitrogens is 3. The summed E-state index contributed by atoms with van der Waals surface area (Å²) in [4.78, 5) is 43.8. The van der Waals surface area contributed by atoms with Crippen LogP contribution in [0.5, 0.6) is 0 Å². The molecule has 1 saturated heterocycles. The zero-order valence-corrected chi connectivity index (χ0v) is 20.1. The number of carbonyl (C=O) groups excluding carboxylic acids is 2. The average molecular weight is 450 g/mol. The van der Waals surface area contributed by atoms with Gasteiger partial charge >= 0.3 is 0 Å². The van der Waals surface area contributed by atoms with Gasteiger partial charge in [-0.2, -0.15) is 0 Å². The fourth-order valence-corrected chi connectivity index (χ4v) is 4.91. The first-order valence-corrected chi connectivity index (χ1v) is 12.3. The molecule has 1 fully saturated rings. The molecule has 0 saturated carbocycles. The molecular formula is C26H35N5O2. The van der Waals surface area contributed by atoms with Crippen molar-refractivity contribution in [3.63, 3.8) is 0 Å². The summed E-state index contributed by atoms with van der Waals surface area (Å²) in [6, 6.07) is 5.77. The Morgan fingerprint density at radius 1 is 1.18 bits per heavy atom. The molecule has 0 aromatic carbocycles. The minimum absolute atomic E-state index is 0.122. The first-order chi connectivity index (χ1) is 15.9. The maximum absolute atomic E-state index is 13.2. The second-order valence-corrected chi connectivity index (χ2v) is 9.64. The van der Waals surface area contributed by atoms with Crippen LogP contribution in [0.4, 0.5) is 5.82 Å². The fraction of sp³-hybridized carbons (Fsp3) is 0.577. The number of fused-ring (bicyclic) bond motifs is 1. The molecule has 33 heavy (non-hydrogen) atoms. The Balaban J connectivity index is 1.53. The van der Waals surface area contributed by atoms with Gasteiger partial charge in [-0.3, -0.25) is 19.5 Å². The van der Waals surface area contributed by atoms with Crippen molar-refractivity contribution < 1.29 is 9.59 Å². The summed E-state index contributed by atoms with van der Waals surface area (Å²) < 4.78 is 0. The van der Waals surface area contributed by atoms with Gasteiger partial charge in [-0.15, -0.1) is 0 Å². The predicted molar refractivity (Wildman–Crippen MR) is 128 cm³/mol. The summed E-state index contributed by atoms with van der Waals surface area (Å²) in [6.07, 6.45) is 7.98. The van der Waals surface area contributed by atoms with Crippen LogP contribution in [0.2, 0.25) is 0 Å². The van der Waals surface area contributed by atoms with E-state index in [1.165, 1.54) is 0 Å². The minimum Gasteiger partial charge on any atom is -0.332 e. The smallest absolute Gasteiger partial charge is 0.228 e. The summed E-state index contributed by atoms with van der Waals surface area (Å²) in [5, 5.41) is 0. The highest BCUT2D eigenvalue weighted by molar-refractivity contribution is 5.95. The second kappa shape index (κ2) is 10.4. The summed E-state index contributed by atoms with van der Waals surface area (Å²) >= 11 is 0. The van der Waals surface area contributed by atoms with Gasteiger partial charge in [0.15, 0.2) is 5.82 Å². The monoisotopic (exact) mass is 449 g/mol. The number of pyridine rings is 1. The Morgan fingerprint density at radius 2 is 2.03 bits per heavy atom. The lowest BCUT2D eigenvalue weighted by Gasteiger charge is -2.36. The molecule has 0 radical (unpaired) electrons. The second-order valence-electron chi connectivity index (χ2n) is 9.64. The molecule has 0 spiro atoms. The van der Waals surface area contributed by atoms with Gasteiger partial charge in [0.05, 0.1) is 6.04 Å². The van der Waals surface area contributed by atoms with Gasteiger partial charge in [0.1, 0.15) is 5.82 Å². The molecule has 0 unspecified atom stereocenters. The average Bonchev–Trinajstić information content (AvgIpc) is 2.81. The number of rotatable bonds is 7. The first kappa shape index (κ1) is 23.3. The van der Waals surface area contributed by atoms with E-state index in [2.05, 4.69) is 18.8 Å². The summed E-state index contributed by atoms with van der Waals surface area (Å²) in [5.41, 5.74) is 3.02. The lowest BCUT2D eigenvalue weighted by atomic mass is 9.98. The van der Waals surface area contributed by atoms with Crippen LogP contribution in [-0.2, 0) is 22.4 Å². The van der Waals surface area contributed by atoms with E-state index < -0.39 is 0 Å². The SMILES string of the molecule is Cc1nc([C@H]2CCCCN2C(=O)CCCc2ccccn2)nc2c1CCC(=O)N2CC(C)C. The maximum atomic E-state index is 13.2. The molecule has 2 amide bonds. The highest BCUT2D eigenvalue weighted by Gasteiger charge is 2.33. The third kappa shape index (κ3) is 5.40. The number of amides is 2. The van der Waals surface area contributed by atoms with Crippen molar-refractivity contribution in [1.29, 1.82) is 0 Å². The van der Waals surface area contributed by atoms with Gasteiger partial charge in [-0.1, -0.05) is 19.9 Å². The molecule has 0 bridgehead atoms. The van der Waals surface area contributed by atoms with Crippen LogP contribution < -0.4 is 4.90 Å². The molecule has 7 heteroatoms. The molecule has 0 aliphatic carbocycles. The number of hydrogen-bond acceptors (Lipinski definition) is 5. The highest BCUT2D eigenvalue weighted by atomic mass is 16.2. The van der Waals surface area contributed by atoms with E-state index in [0.717, 1.165) is 61.4 Å². The van der Waals surface area contributed by atoms with Gasteiger partial charge in [0.25, 0.3) is 0 Å². The lowest BCUT2D eigenvalue weighted by Crippen LogP contribution is -2.41. The lowest BCUT2D eigenvalue weighted by molar-refractivity contribution is -0.135. The molecule has 0 N–H and O–H groups in total. The Morgan fingerprint density at radius 3 is 2.79 bits per heavy atom. The van der Waals surface area contributed by atoms with E-state index in [4.69, 9.17) is 9.97 Å². The molecule has 4 rings (SSSR count). The van der Waals surface area contributed by atoms with Gasteiger partial charge in [-0.25, -0.2) is 9.97 Å². The van der Waals surface area contributed by atoms with Crippen LogP contribution in [-0.4, -0.2) is 44.8 Å². The summed E-state index contributed by atoms with van der Waals surface area (Å²) in [5.74, 6) is 2.09. The van der Waals surface area contributed by atoms with Gasteiger partial charge < -0.3 is 4.90 Å². The van der Waals surface area contributed by atoms with Crippen LogP contribution >= 0.6 is 0 Å². The van der Waals surface area contributed by atoms with E-state index in [9.17, 15) is 9.59 Å². The standard InChI is InChI=1S/C26H35N5O2/c1-18(2)17-31-24(33)14-13-21-19(3)28-25(29-26(21)31)22-11-5-7-16-30(22)23(32)12-8-10-20-9-4-6-15-27-20/h4,6,9,15,18,22H,5,7-8,10-14,16-17H2,1-3H3/t22-/m1/s1. The Hall–Kier alpha value is -2.83. The van der Waals surface area contributed by atoms with Crippen molar-refractivity contribution in [3.05, 3.63) is 47.2 Å². The fourth-order valence-electron chi connectivity index (χ4n) is 4.91. The van der Waals surface area contributed by atoms with Crippen LogP contribution in [0.25, 0.3) is 0 Å². The van der Waals surface area contributed by atoms with Gasteiger partial charge in [-0.05, 0) is 63.5 Å². The predicted octanol–water partition coefficient (Wildman–Crippen LogP) is 4.19. The third-order valence-electron chi connectivity index (χ3n) is 6.57. The van der Waals surface area contributed by atoms with Crippen LogP contribution in [0.1, 0.15) is 81.2 Å². The van der Waals surface area contributed by atoms with E-state index in [1.807, 2.05) is 34.9 Å². The number of anilines is 1. The molecule has 2 aromatic rings. The number of piperidine rings is 1. The van der Waals surface area contributed by atoms with Crippen LogP contribution in [0.15, 0.2) is 24.4 Å². The van der Waals surface area contributed by atoms with Crippen molar-refractivity contribution >= 4 is 17.6 Å². The largest absolute Gasteiger partial charge is 0.332 e. The normalized spacial score (nSPS) is 18.5. The number of hydrogen-bond donors (Lipinski definition) is 0. The zero-order chi connectivity index (χ0) is 23.4. The maximum Gasteiger partial charge on any atom is 0.228 e. The number of likely N-dealkylation sites (tertiary alicyclic amines) is 1. The molecule has 2 aliphatic heterocycles. The van der Waals surface area contributed by atoms with E-state index >= 15 is 0 Å². The minimum atomic E-state index is -0.122. The molecule has 1 atom stereocenters. The summed E-state index contributed by atoms with van der Waals surface area (Å²) in [7, 11) is 0. The van der Waals surface area contributed by atoms with Crippen molar-refractivity contribution in [3.8, 4) is 0 Å². The van der Waals surface area contributed by atoms with Crippen molar-refractivity contribution in [2.75, 3.05) is 18.0 Å². The van der Waals surface area contributed by atoms with E-state index in [0.29, 0.717) is 37.5 Å². The van der Waals surface area contributed by atoms with Crippen molar-refractivity contribution in [2.45, 2.75) is 78.2 Å². The third-order valence-corrected chi connectivity index (χ3v) is 6.57. The first-order valence-electron chi connectivity index (χ1n) is 12.3. The number of carbonyl (C=O) groups is 2. The van der Waals surface area contributed by atoms with Crippen LogP contribution in [0, 0.1) is 12.8 Å². The molecule has 7 nitrogen and oxygen atoms in total. The van der Waals surface area contributed by atoms with E-state index in [-0.39, 0.29) is 17.9 Å². The molecule has 4 heterocycles. The summed E-state index contributed by atoms with van der Waals surface area (Å²) in [6.45, 7) is 7.63. The van der Waals surface area contributed by atoms with Gasteiger partial charge in [0, 0.05) is 49.1 Å². The molecular weight excluding hydrogens is 414 g/mol. The Kier molecular flexibility index (Phi) is 7.36. The van der Waals surface area contributed by atoms with E-state index in [1.54, 1.807) is 6.20 Å². The topological polar surface area (TPSA) is 79.3 Å². The van der Waals surface area contributed by atoms with Gasteiger partial charge in [0.2, 0.25) is 11.8 Å². The Labute approximate surface area is 196 Å². The highest BCUT2D eigenvalue weighted by Crippen LogP contribution is 2.34. The quantitative estimate of drug-likeness (QED) is 0.633. The van der Waals surface area contributed by atoms with Crippen LogP contribution in [0.3, 0.4) is 0 Å². The molecule has 2 aliphatic rings. The zero-order valence-electron chi connectivity index (χ0n) is 20.1. The molecule has 2 aromatic heterocycles. The number of aryl methyl sites for hydroxylation is 2. The Bertz CT molecular complexity index is 992. The van der Waals surface area contributed by atoms with Crippen molar-refractivity contribution in [1.82, 2.24) is 19.9 Å². The molecule has 176 valence electrons. The van der Waals surface area contributed by atoms with Crippen molar-refractivity contribution in [2.24, 2.45) is 5.92 Å². The number of nitrogens with zero attached hydrogens (tertiary/aromatic N) is 5.